The van der Waals surface area contributed by atoms with Crippen LogP contribution in [0.2, 0.25) is 5.02 Å². The fourth-order valence-electron chi connectivity index (χ4n) is 3.14. The first kappa shape index (κ1) is 15.7. The molecule has 1 fully saturated rings. The van der Waals surface area contributed by atoms with Crippen LogP contribution >= 0.6 is 11.6 Å². The van der Waals surface area contributed by atoms with E-state index in [0.717, 1.165) is 24.8 Å². The molecular weight excluding hydrogens is 280 g/mol. The Labute approximate surface area is 124 Å². The standard InChI is InChI=1S/C16H22ClF2N/c1-20-16(8-7-11-5-3-2-4-6-11)12-9-14(18)15(19)10-13(12)17/h9-11,16,20H,2-8H2,1H3. The zero-order chi connectivity index (χ0) is 14.5. The molecule has 1 aliphatic rings. The maximum Gasteiger partial charge on any atom is 0.160 e. The van der Waals surface area contributed by atoms with Gasteiger partial charge in [0.05, 0.1) is 0 Å². The third kappa shape index (κ3) is 3.92. The molecular formula is C16H22ClF2N. The highest BCUT2D eigenvalue weighted by Gasteiger charge is 2.19. The Kier molecular flexibility index (Phi) is 5.79. The summed E-state index contributed by atoms with van der Waals surface area (Å²) in [6.45, 7) is 0. The minimum Gasteiger partial charge on any atom is -0.313 e. The van der Waals surface area contributed by atoms with Crippen molar-refractivity contribution in [1.29, 1.82) is 0 Å². The molecule has 0 saturated heterocycles. The van der Waals surface area contributed by atoms with Gasteiger partial charge in [0.25, 0.3) is 0 Å². The molecule has 112 valence electrons. The smallest absolute Gasteiger partial charge is 0.160 e. The summed E-state index contributed by atoms with van der Waals surface area (Å²) in [7, 11) is 1.84. The van der Waals surface area contributed by atoms with Gasteiger partial charge >= 0.3 is 0 Å². The minimum absolute atomic E-state index is 0.0143. The van der Waals surface area contributed by atoms with E-state index >= 15 is 0 Å². The fraction of sp³-hybridized carbons (Fsp3) is 0.625. The summed E-state index contributed by atoms with van der Waals surface area (Å²) >= 11 is 6.05. The summed E-state index contributed by atoms with van der Waals surface area (Å²) in [5.74, 6) is -0.952. The van der Waals surface area contributed by atoms with E-state index in [1.807, 2.05) is 7.05 Å². The largest absolute Gasteiger partial charge is 0.313 e. The average molecular weight is 302 g/mol. The lowest BCUT2D eigenvalue weighted by atomic mass is 9.84. The average Bonchev–Trinajstić information content (AvgIpc) is 2.46. The number of benzene rings is 1. The van der Waals surface area contributed by atoms with Crippen LogP contribution in [0, 0.1) is 17.6 Å². The summed E-state index contributed by atoms with van der Waals surface area (Å²) < 4.78 is 26.5. The van der Waals surface area contributed by atoms with Crippen LogP contribution in [0.25, 0.3) is 0 Å². The summed E-state index contributed by atoms with van der Waals surface area (Å²) in [6, 6.07) is 2.27. The van der Waals surface area contributed by atoms with Crippen molar-refractivity contribution in [2.45, 2.75) is 51.0 Å². The monoisotopic (exact) mass is 301 g/mol. The molecule has 2 rings (SSSR count). The van der Waals surface area contributed by atoms with Crippen molar-refractivity contribution in [3.8, 4) is 0 Å². The van der Waals surface area contributed by atoms with E-state index in [-0.39, 0.29) is 6.04 Å². The molecule has 1 aromatic carbocycles. The van der Waals surface area contributed by atoms with Crippen LogP contribution in [0.5, 0.6) is 0 Å². The van der Waals surface area contributed by atoms with Gasteiger partial charge in [0, 0.05) is 11.1 Å². The maximum absolute atomic E-state index is 13.4. The molecule has 1 N–H and O–H groups in total. The second-order valence-electron chi connectivity index (χ2n) is 5.71. The van der Waals surface area contributed by atoms with Crippen LogP contribution in [-0.2, 0) is 0 Å². The molecule has 1 aliphatic carbocycles. The molecule has 1 saturated carbocycles. The molecule has 0 amide bonds. The van der Waals surface area contributed by atoms with Gasteiger partial charge in [-0.3, -0.25) is 0 Å². The summed E-state index contributed by atoms with van der Waals surface area (Å²) in [5.41, 5.74) is 0.656. The zero-order valence-corrected chi connectivity index (χ0v) is 12.6. The Morgan fingerprint density at radius 1 is 1.20 bits per heavy atom. The van der Waals surface area contributed by atoms with Gasteiger partial charge in [0.1, 0.15) is 0 Å². The van der Waals surface area contributed by atoms with Crippen molar-refractivity contribution in [2.75, 3.05) is 7.05 Å². The molecule has 1 atom stereocenters. The van der Waals surface area contributed by atoms with Gasteiger partial charge in [-0.1, -0.05) is 43.7 Å². The van der Waals surface area contributed by atoms with Gasteiger partial charge in [-0.15, -0.1) is 0 Å². The number of hydrogen-bond donors (Lipinski definition) is 1. The van der Waals surface area contributed by atoms with Crippen molar-refractivity contribution >= 4 is 11.6 Å². The molecule has 4 heteroatoms. The number of nitrogens with one attached hydrogen (secondary N) is 1. The third-order valence-electron chi connectivity index (χ3n) is 4.35. The fourth-order valence-corrected chi connectivity index (χ4v) is 3.42. The molecule has 0 heterocycles. The number of halogens is 3. The summed E-state index contributed by atoms with van der Waals surface area (Å²) in [6.07, 6.45) is 8.60. The molecule has 0 aromatic heterocycles. The highest BCUT2D eigenvalue weighted by molar-refractivity contribution is 6.31. The van der Waals surface area contributed by atoms with Crippen LogP contribution in [0.4, 0.5) is 8.78 Å². The third-order valence-corrected chi connectivity index (χ3v) is 4.68. The van der Waals surface area contributed by atoms with Gasteiger partial charge in [0.15, 0.2) is 11.6 Å². The first-order chi connectivity index (χ1) is 9.61. The first-order valence-corrected chi connectivity index (χ1v) is 7.81. The van der Waals surface area contributed by atoms with Crippen LogP contribution in [0.1, 0.15) is 56.6 Å². The van der Waals surface area contributed by atoms with E-state index < -0.39 is 11.6 Å². The highest BCUT2D eigenvalue weighted by Crippen LogP contribution is 2.33. The number of hydrogen-bond acceptors (Lipinski definition) is 1. The highest BCUT2D eigenvalue weighted by atomic mass is 35.5. The van der Waals surface area contributed by atoms with E-state index in [1.165, 1.54) is 38.2 Å². The Bertz CT molecular complexity index is 444. The molecule has 1 unspecified atom stereocenters. The van der Waals surface area contributed by atoms with E-state index in [4.69, 9.17) is 11.6 Å². The van der Waals surface area contributed by atoms with E-state index in [0.29, 0.717) is 10.6 Å². The molecule has 0 radical (unpaired) electrons. The van der Waals surface area contributed by atoms with Crippen molar-refractivity contribution in [2.24, 2.45) is 5.92 Å². The topological polar surface area (TPSA) is 12.0 Å². The quantitative estimate of drug-likeness (QED) is 0.733. The second kappa shape index (κ2) is 7.37. The van der Waals surface area contributed by atoms with E-state index in [9.17, 15) is 8.78 Å². The lowest BCUT2D eigenvalue weighted by Crippen LogP contribution is -2.19. The molecule has 0 spiro atoms. The normalized spacial score (nSPS) is 18.2. The van der Waals surface area contributed by atoms with E-state index in [1.54, 1.807) is 0 Å². The number of rotatable bonds is 5. The first-order valence-electron chi connectivity index (χ1n) is 7.43. The van der Waals surface area contributed by atoms with Crippen molar-refractivity contribution in [1.82, 2.24) is 5.32 Å². The van der Waals surface area contributed by atoms with Gasteiger partial charge in [0.2, 0.25) is 0 Å². The molecule has 1 aromatic rings. The van der Waals surface area contributed by atoms with Crippen LogP contribution in [-0.4, -0.2) is 7.05 Å². The van der Waals surface area contributed by atoms with Crippen molar-refractivity contribution in [3.63, 3.8) is 0 Å². The predicted molar refractivity (Wildman–Crippen MR) is 79.0 cm³/mol. The predicted octanol–water partition coefficient (Wildman–Crippen LogP) is 5.24. The van der Waals surface area contributed by atoms with Gasteiger partial charge < -0.3 is 5.32 Å². The SMILES string of the molecule is CNC(CCC1CCCCC1)c1cc(F)c(F)cc1Cl. The van der Waals surface area contributed by atoms with Gasteiger partial charge in [-0.2, -0.15) is 0 Å². The van der Waals surface area contributed by atoms with E-state index in [2.05, 4.69) is 5.32 Å². The lowest BCUT2D eigenvalue weighted by molar-refractivity contribution is 0.317. The molecule has 0 bridgehead atoms. The van der Waals surface area contributed by atoms with Crippen LogP contribution < -0.4 is 5.32 Å². The van der Waals surface area contributed by atoms with Gasteiger partial charge in [-0.25, -0.2) is 8.78 Å². The van der Waals surface area contributed by atoms with Crippen LogP contribution in [0.15, 0.2) is 12.1 Å². The second-order valence-corrected chi connectivity index (χ2v) is 6.12. The maximum atomic E-state index is 13.4. The lowest BCUT2D eigenvalue weighted by Gasteiger charge is -2.25. The van der Waals surface area contributed by atoms with Crippen molar-refractivity contribution in [3.05, 3.63) is 34.4 Å². The molecule has 0 aliphatic heterocycles. The Morgan fingerprint density at radius 3 is 2.50 bits per heavy atom. The van der Waals surface area contributed by atoms with Crippen LogP contribution in [0.3, 0.4) is 0 Å². The zero-order valence-electron chi connectivity index (χ0n) is 11.9. The Hall–Kier alpha value is -0.670. The summed E-state index contributed by atoms with van der Waals surface area (Å²) in [4.78, 5) is 0. The molecule has 20 heavy (non-hydrogen) atoms. The van der Waals surface area contributed by atoms with Gasteiger partial charge in [-0.05, 0) is 43.5 Å². The Morgan fingerprint density at radius 2 is 1.85 bits per heavy atom. The minimum atomic E-state index is -0.888. The van der Waals surface area contributed by atoms with Crippen molar-refractivity contribution < 1.29 is 8.78 Å². The Balaban J connectivity index is 2.02. The summed E-state index contributed by atoms with van der Waals surface area (Å²) in [5, 5.41) is 3.47. The molecule has 1 nitrogen and oxygen atoms in total.